The second-order valence-corrected chi connectivity index (χ2v) is 6.40. The maximum atomic E-state index is 12.8. The molecule has 0 radical (unpaired) electrons. The van der Waals surface area contributed by atoms with E-state index in [1.807, 2.05) is 42.3 Å². The summed E-state index contributed by atoms with van der Waals surface area (Å²) in [5.74, 6) is 0.110. The van der Waals surface area contributed by atoms with Crippen LogP contribution in [0.4, 0.5) is 0 Å². The second-order valence-electron chi connectivity index (χ2n) is 5.49. The van der Waals surface area contributed by atoms with Crippen LogP contribution in [0, 0.1) is 0 Å². The van der Waals surface area contributed by atoms with Gasteiger partial charge in [0.05, 0.1) is 0 Å². The molecule has 0 bridgehead atoms. The summed E-state index contributed by atoms with van der Waals surface area (Å²) in [5, 5.41) is 0. The molecular formula is C17H19BrN2O. The van der Waals surface area contributed by atoms with Crippen molar-refractivity contribution >= 4 is 21.8 Å². The lowest BCUT2D eigenvalue weighted by atomic mass is 10.2. The SMILES string of the molecule is CCN(Cc1ccccc1)C(=O)c1cc(Br)cn1C1CC1. The van der Waals surface area contributed by atoms with E-state index in [4.69, 9.17) is 0 Å². The van der Waals surface area contributed by atoms with Crippen molar-refractivity contribution in [1.82, 2.24) is 9.47 Å². The molecule has 1 aromatic heterocycles. The molecule has 1 saturated carbocycles. The van der Waals surface area contributed by atoms with E-state index in [1.165, 1.54) is 12.8 Å². The van der Waals surface area contributed by atoms with Crippen LogP contribution in [0.5, 0.6) is 0 Å². The molecule has 4 heteroatoms. The fourth-order valence-electron chi connectivity index (χ4n) is 2.56. The molecule has 1 fully saturated rings. The number of carbonyl (C=O) groups is 1. The zero-order chi connectivity index (χ0) is 14.8. The fraction of sp³-hybridized carbons (Fsp3) is 0.353. The molecule has 0 atom stereocenters. The Hall–Kier alpha value is -1.55. The predicted octanol–water partition coefficient (Wildman–Crippen LogP) is 4.25. The van der Waals surface area contributed by atoms with Crippen LogP contribution < -0.4 is 0 Å². The highest BCUT2D eigenvalue weighted by Gasteiger charge is 2.29. The highest BCUT2D eigenvalue weighted by molar-refractivity contribution is 9.10. The summed E-state index contributed by atoms with van der Waals surface area (Å²) < 4.78 is 3.11. The lowest BCUT2D eigenvalue weighted by Crippen LogP contribution is -2.31. The first-order chi connectivity index (χ1) is 10.2. The predicted molar refractivity (Wildman–Crippen MR) is 87.3 cm³/mol. The summed E-state index contributed by atoms with van der Waals surface area (Å²) in [6, 6.07) is 12.6. The molecule has 0 saturated heterocycles. The Balaban J connectivity index is 1.82. The summed E-state index contributed by atoms with van der Waals surface area (Å²) in [6.07, 6.45) is 4.37. The summed E-state index contributed by atoms with van der Waals surface area (Å²) in [7, 11) is 0. The minimum Gasteiger partial charge on any atom is -0.339 e. The normalized spacial score (nSPS) is 14.2. The number of hydrogen-bond donors (Lipinski definition) is 0. The van der Waals surface area contributed by atoms with Gasteiger partial charge in [-0.1, -0.05) is 30.3 Å². The van der Waals surface area contributed by atoms with Gasteiger partial charge in [0.25, 0.3) is 5.91 Å². The maximum absolute atomic E-state index is 12.8. The van der Waals surface area contributed by atoms with Crippen molar-refractivity contribution < 1.29 is 4.79 Å². The molecule has 110 valence electrons. The molecular weight excluding hydrogens is 328 g/mol. The van der Waals surface area contributed by atoms with Gasteiger partial charge in [-0.2, -0.15) is 0 Å². The molecule has 0 unspecified atom stereocenters. The van der Waals surface area contributed by atoms with Gasteiger partial charge < -0.3 is 9.47 Å². The Bertz CT molecular complexity index is 631. The monoisotopic (exact) mass is 346 g/mol. The smallest absolute Gasteiger partial charge is 0.270 e. The number of aromatic nitrogens is 1. The number of halogens is 1. The Morgan fingerprint density at radius 3 is 2.67 bits per heavy atom. The second kappa shape index (κ2) is 6.06. The van der Waals surface area contributed by atoms with Crippen molar-refractivity contribution in [3.63, 3.8) is 0 Å². The van der Waals surface area contributed by atoms with Crippen LogP contribution in [0.1, 0.15) is 41.9 Å². The van der Waals surface area contributed by atoms with Crippen LogP contribution in [0.2, 0.25) is 0 Å². The lowest BCUT2D eigenvalue weighted by molar-refractivity contribution is 0.0741. The van der Waals surface area contributed by atoms with Gasteiger partial charge in [0, 0.05) is 29.8 Å². The molecule has 1 amide bonds. The van der Waals surface area contributed by atoms with E-state index in [2.05, 4.69) is 32.6 Å². The first-order valence-corrected chi connectivity index (χ1v) is 8.19. The molecule has 3 rings (SSSR count). The molecule has 1 heterocycles. The van der Waals surface area contributed by atoms with Crippen LogP contribution >= 0.6 is 15.9 Å². The molecule has 1 aromatic carbocycles. The van der Waals surface area contributed by atoms with Crippen LogP contribution in [0.15, 0.2) is 47.1 Å². The molecule has 3 nitrogen and oxygen atoms in total. The Morgan fingerprint density at radius 1 is 1.33 bits per heavy atom. The fourth-order valence-corrected chi connectivity index (χ4v) is 3.00. The van der Waals surface area contributed by atoms with Gasteiger partial charge in [0.15, 0.2) is 0 Å². The van der Waals surface area contributed by atoms with Crippen LogP contribution in [-0.4, -0.2) is 21.9 Å². The van der Waals surface area contributed by atoms with E-state index in [0.29, 0.717) is 19.1 Å². The zero-order valence-electron chi connectivity index (χ0n) is 12.1. The van der Waals surface area contributed by atoms with Crippen LogP contribution in [0.25, 0.3) is 0 Å². The van der Waals surface area contributed by atoms with Gasteiger partial charge in [-0.25, -0.2) is 0 Å². The van der Waals surface area contributed by atoms with E-state index in [-0.39, 0.29) is 5.91 Å². The van der Waals surface area contributed by atoms with Gasteiger partial charge in [0.1, 0.15) is 5.69 Å². The average Bonchev–Trinajstić information content (AvgIpc) is 3.27. The maximum Gasteiger partial charge on any atom is 0.270 e. The van der Waals surface area contributed by atoms with E-state index in [9.17, 15) is 4.79 Å². The Morgan fingerprint density at radius 2 is 2.05 bits per heavy atom. The summed E-state index contributed by atoms with van der Waals surface area (Å²) >= 11 is 3.49. The number of nitrogens with zero attached hydrogens (tertiary/aromatic N) is 2. The summed E-state index contributed by atoms with van der Waals surface area (Å²) in [4.78, 5) is 14.7. The Kier molecular flexibility index (Phi) is 4.15. The zero-order valence-corrected chi connectivity index (χ0v) is 13.7. The number of benzene rings is 1. The first-order valence-electron chi connectivity index (χ1n) is 7.39. The minimum atomic E-state index is 0.110. The van der Waals surface area contributed by atoms with Crippen molar-refractivity contribution in [2.45, 2.75) is 32.4 Å². The number of carbonyl (C=O) groups excluding carboxylic acids is 1. The highest BCUT2D eigenvalue weighted by atomic mass is 79.9. The minimum absolute atomic E-state index is 0.110. The van der Waals surface area contributed by atoms with Crippen molar-refractivity contribution in [1.29, 1.82) is 0 Å². The van der Waals surface area contributed by atoms with Crippen molar-refractivity contribution in [3.8, 4) is 0 Å². The van der Waals surface area contributed by atoms with Crippen molar-refractivity contribution in [2.75, 3.05) is 6.54 Å². The molecule has 0 spiro atoms. The molecule has 1 aliphatic carbocycles. The first kappa shape index (κ1) is 14.4. The van der Waals surface area contributed by atoms with Gasteiger partial charge in [-0.3, -0.25) is 4.79 Å². The van der Waals surface area contributed by atoms with Crippen LogP contribution in [-0.2, 0) is 6.54 Å². The molecule has 0 aliphatic heterocycles. The van der Waals surface area contributed by atoms with E-state index < -0.39 is 0 Å². The lowest BCUT2D eigenvalue weighted by Gasteiger charge is -2.22. The van der Waals surface area contributed by atoms with Gasteiger partial charge >= 0.3 is 0 Å². The summed E-state index contributed by atoms with van der Waals surface area (Å²) in [6.45, 7) is 3.39. The third kappa shape index (κ3) is 3.21. The third-order valence-corrected chi connectivity index (χ3v) is 4.29. The quantitative estimate of drug-likeness (QED) is 0.794. The van der Waals surface area contributed by atoms with E-state index in [0.717, 1.165) is 15.7 Å². The van der Waals surface area contributed by atoms with Gasteiger partial charge in [-0.05, 0) is 47.3 Å². The highest BCUT2D eigenvalue weighted by Crippen LogP contribution is 2.37. The summed E-state index contributed by atoms with van der Waals surface area (Å²) in [5.41, 5.74) is 1.96. The molecule has 1 aliphatic rings. The molecule has 2 aromatic rings. The number of hydrogen-bond acceptors (Lipinski definition) is 1. The average molecular weight is 347 g/mol. The van der Waals surface area contributed by atoms with Crippen molar-refractivity contribution in [3.05, 3.63) is 58.3 Å². The topological polar surface area (TPSA) is 25.2 Å². The van der Waals surface area contributed by atoms with Crippen LogP contribution in [0.3, 0.4) is 0 Å². The third-order valence-electron chi connectivity index (χ3n) is 3.86. The Labute approximate surface area is 133 Å². The number of rotatable bonds is 5. The van der Waals surface area contributed by atoms with Gasteiger partial charge in [-0.15, -0.1) is 0 Å². The largest absolute Gasteiger partial charge is 0.339 e. The molecule has 0 N–H and O–H groups in total. The molecule has 21 heavy (non-hydrogen) atoms. The van der Waals surface area contributed by atoms with E-state index >= 15 is 0 Å². The standard InChI is InChI=1S/C17H19BrN2O/c1-2-19(11-13-6-4-3-5-7-13)17(21)16-10-14(18)12-20(16)15-8-9-15/h3-7,10,12,15H,2,8-9,11H2,1H3. The number of amides is 1. The van der Waals surface area contributed by atoms with Crippen molar-refractivity contribution in [2.24, 2.45) is 0 Å². The van der Waals surface area contributed by atoms with Gasteiger partial charge in [0.2, 0.25) is 0 Å². The van der Waals surface area contributed by atoms with E-state index in [1.54, 1.807) is 0 Å².